The SMILES string of the molecule is CN1C(N)=N[C@](C)(c2nc(-c3ccn[nH]3)ccc2F)C[S@@]1(=O)=NCC(F)(F)F. The maximum atomic E-state index is 14.6. The van der Waals surface area contributed by atoms with Crippen LogP contribution in [0.25, 0.3) is 11.4 Å². The molecule has 3 heterocycles. The molecule has 152 valence electrons. The summed E-state index contributed by atoms with van der Waals surface area (Å²) in [4.78, 5) is 8.39. The maximum absolute atomic E-state index is 14.6. The molecule has 0 spiro atoms. The van der Waals surface area contributed by atoms with Crippen LogP contribution >= 0.6 is 0 Å². The Bertz CT molecular complexity index is 1030. The van der Waals surface area contributed by atoms with Gasteiger partial charge in [-0.15, -0.1) is 0 Å². The van der Waals surface area contributed by atoms with E-state index in [1.54, 1.807) is 6.07 Å². The lowest BCUT2D eigenvalue weighted by atomic mass is 9.99. The highest BCUT2D eigenvalue weighted by Gasteiger charge is 2.42. The molecule has 13 heteroatoms. The Morgan fingerprint density at radius 2 is 2.11 bits per heavy atom. The number of hydrogen-bond acceptors (Lipinski definition) is 6. The lowest BCUT2D eigenvalue weighted by Gasteiger charge is -2.36. The highest BCUT2D eigenvalue weighted by molar-refractivity contribution is 7.92. The molecule has 2 aromatic rings. The monoisotopic (exact) mass is 419 g/mol. The van der Waals surface area contributed by atoms with Gasteiger partial charge >= 0.3 is 6.18 Å². The number of guanidine groups is 1. The molecule has 3 N–H and O–H groups in total. The minimum Gasteiger partial charge on any atom is -0.369 e. The molecule has 0 fully saturated rings. The van der Waals surface area contributed by atoms with Gasteiger partial charge in [0.25, 0.3) is 0 Å². The van der Waals surface area contributed by atoms with Crippen molar-refractivity contribution in [3.63, 3.8) is 0 Å². The summed E-state index contributed by atoms with van der Waals surface area (Å²) in [5, 5.41) is 6.47. The molecule has 1 aliphatic rings. The van der Waals surface area contributed by atoms with Gasteiger partial charge in [0.2, 0.25) is 5.96 Å². The third-order valence-corrected chi connectivity index (χ3v) is 6.67. The van der Waals surface area contributed by atoms with Gasteiger partial charge in [0.05, 0.1) is 17.1 Å². The molecule has 2 aromatic heterocycles. The first-order chi connectivity index (χ1) is 12.9. The van der Waals surface area contributed by atoms with E-state index in [0.29, 0.717) is 11.4 Å². The predicted octanol–water partition coefficient (Wildman–Crippen LogP) is 2.03. The van der Waals surface area contributed by atoms with Crippen LogP contribution in [0.5, 0.6) is 0 Å². The minimum atomic E-state index is -4.64. The summed E-state index contributed by atoms with van der Waals surface area (Å²) in [5.41, 5.74) is 4.83. The number of alkyl halides is 3. The van der Waals surface area contributed by atoms with Crippen molar-refractivity contribution in [3.05, 3.63) is 35.9 Å². The quantitative estimate of drug-likeness (QED) is 0.741. The molecule has 0 unspecified atom stereocenters. The van der Waals surface area contributed by atoms with E-state index in [9.17, 15) is 21.8 Å². The van der Waals surface area contributed by atoms with Crippen LogP contribution in [0, 0.1) is 5.82 Å². The van der Waals surface area contributed by atoms with E-state index in [-0.39, 0.29) is 11.7 Å². The Kier molecular flexibility index (Phi) is 4.81. The van der Waals surface area contributed by atoms with Crippen molar-refractivity contribution in [2.75, 3.05) is 19.3 Å². The van der Waals surface area contributed by atoms with Crippen LogP contribution < -0.4 is 5.73 Å². The number of nitrogens with two attached hydrogens (primary N) is 1. The van der Waals surface area contributed by atoms with E-state index >= 15 is 0 Å². The molecular weight excluding hydrogens is 402 g/mol. The Balaban J connectivity index is 2.11. The molecule has 0 amide bonds. The van der Waals surface area contributed by atoms with Crippen LogP contribution in [0.1, 0.15) is 12.6 Å². The minimum absolute atomic E-state index is 0.203. The predicted molar refractivity (Wildman–Crippen MR) is 94.9 cm³/mol. The number of nitrogens with zero attached hydrogens (tertiary/aromatic N) is 5. The van der Waals surface area contributed by atoms with Crippen molar-refractivity contribution in [3.8, 4) is 11.4 Å². The van der Waals surface area contributed by atoms with Gasteiger partial charge in [-0.25, -0.2) is 22.9 Å². The Morgan fingerprint density at radius 1 is 1.39 bits per heavy atom. The second-order valence-electron chi connectivity index (χ2n) is 6.39. The number of aliphatic imine (C=N–C) groups is 1. The Morgan fingerprint density at radius 3 is 2.71 bits per heavy atom. The van der Waals surface area contributed by atoms with Crippen LogP contribution in [0.15, 0.2) is 33.8 Å². The van der Waals surface area contributed by atoms with E-state index < -0.39 is 39.7 Å². The van der Waals surface area contributed by atoms with E-state index in [4.69, 9.17) is 5.73 Å². The second kappa shape index (κ2) is 6.72. The third kappa shape index (κ3) is 3.79. The Hall–Kier alpha value is -2.70. The number of halogens is 4. The standard InChI is InChI=1S/C15H17F4N7OS/c1-14(12-9(16)3-4-10(23-12)11-5-6-21-25-11)8-28(27,22-7-15(17,18)19)26(2)13(20)24-14/h3-6H,7-8H2,1-2H3,(H2,20,24)(H,21,25)/t14-,28+/m0/s1. The molecule has 0 saturated carbocycles. The molecular formula is C15H17F4N7OS. The van der Waals surface area contributed by atoms with Gasteiger partial charge in [0.1, 0.15) is 33.5 Å². The summed E-state index contributed by atoms with van der Waals surface area (Å²) >= 11 is 0. The maximum Gasteiger partial charge on any atom is 0.408 e. The average Bonchev–Trinajstić information content (AvgIpc) is 3.12. The molecule has 0 radical (unpaired) electrons. The Labute approximate surface area is 158 Å². The van der Waals surface area contributed by atoms with Crippen molar-refractivity contribution in [2.45, 2.75) is 18.6 Å². The van der Waals surface area contributed by atoms with Crippen molar-refractivity contribution in [2.24, 2.45) is 15.1 Å². The largest absolute Gasteiger partial charge is 0.408 e. The van der Waals surface area contributed by atoms with Crippen LogP contribution in [0.3, 0.4) is 0 Å². The average molecular weight is 419 g/mol. The fraction of sp³-hybridized carbons (Fsp3) is 0.400. The number of hydrogen-bond donors (Lipinski definition) is 2. The van der Waals surface area contributed by atoms with Crippen LogP contribution in [-0.4, -0.2) is 55.2 Å². The number of pyridine rings is 1. The fourth-order valence-electron chi connectivity index (χ4n) is 2.76. The molecule has 0 aromatic carbocycles. The molecule has 28 heavy (non-hydrogen) atoms. The van der Waals surface area contributed by atoms with Crippen molar-refractivity contribution in [1.29, 1.82) is 0 Å². The number of nitrogens with one attached hydrogen (secondary N) is 1. The molecule has 0 bridgehead atoms. The molecule has 0 aliphatic carbocycles. The number of H-pyrrole nitrogens is 1. The number of aromatic amines is 1. The summed E-state index contributed by atoms with van der Waals surface area (Å²) in [6.45, 7) is -0.221. The summed E-state index contributed by atoms with van der Waals surface area (Å²) in [5.74, 6) is -1.59. The van der Waals surface area contributed by atoms with E-state index in [1.807, 2.05) is 0 Å². The summed E-state index contributed by atoms with van der Waals surface area (Å²) < 4.78 is 69.8. The van der Waals surface area contributed by atoms with Gasteiger partial charge in [-0.3, -0.25) is 9.40 Å². The van der Waals surface area contributed by atoms with Crippen molar-refractivity contribution in [1.82, 2.24) is 19.5 Å². The number of aromatic nitrogens is 3. The molecule has 8 nitrogen and oxygen atoms in total. The third-order valence-electron chi connectivity index (χ3n) is 4.16. The van der Waals surface area contributed by atoms with Gasteiger partial charge in [-0.05, 0) is 25.1 Å². The van der Waals surface area contributed by atoms with Gasteiger partial charge in [-0.2, -0.15) is 18.3 Å². The van der Waals surface area contributed by atoms with Crippen LogP contribution in [0.2, 0.25) is 0 Å². The van der Waals surface area contributed by atoms with Crippen molar-refractivity contribution < 1.29 is 21.8 Å². The molecule has 3 rings (SSSR count). The highest BCUT2D eigenvalue weighted by Crippen LogP contribution is 2.34. The first kappa shape index (κ1) is 20.0. The topological polar surface area (TPSA) is 113 Å². The zero-order valence-electron chi connectivity index (χ0n) is 14.9. The van der Waals surface area contributed by atoms with Gasteiger partial charge < -0.3 is 5.73 Å². The van der Waals surface area contributed by atoms with E-state index in [2.05, 4.69) is 24.5 Å². The van der Waals surface area contributed by atoms with Crippen molar-refractivity contribution >= 4 is 15.9 Å². The highest BCUT2D eigenvalue weighted by atomic mass is 32.2. The van der Waals surface area contributed by atoms with Gasteiger partial charge in [-0.1, -0.05) is 0 Å². The fourth-order valence-corrected chi connectivity index (χ4v) is 4.83. The lowest BCUT2D eigenvalue weighted by Crippen LogP contribution is -2.51. The first-order valence-electron chi connectivity index (χ1n) is 7.97. The van der Waals surface area contributed by atoms with Crippen LogP contribution in [-0.2, 0) is 15.5 Å². The molecule has 1 aliphatic heterocycles. The first-order valence-corrected chi connectivity index (χ1v) is 9.61. The van der Waals surface area contributed by atoms with E-state index in [0.717, 1.165) is 10.4 Å². The zero-order chi connectivity index (χ0) is 20.7. The van der Waals surface area contributed by atoms with E-state index in [1.165, 1.54) is 26.2 Å². The van der Waals surface area contributed by atoms with Gasteiger partial charge in [0, 0.05) is 13.2 Å². The lowest BCUT2D eigenvalue weighted by molar-refractivity contribution is -0.117. The summed E-state index contributed by atoms with van der Waals surface area (Å²) in [7, 11) is -2.41. The molecule has 2 atom stereocenters. The van der Waals surface area contributed by atoms with Gasteiger partial charge in [0.15, 0.2) is 0 Å². The smallest absolute Gasteiger partial charge is 0.369 e. The number of rotatable bonds is 3. The van der Waals surface area contributed by atoms with Crippen LogP contribution in [0.4, 0.5) is 17.6 Å². The summed E-state index contributed by atoms with van der Waals surface area (Å²) in [6.07, 6.45) is -3.16. The molecule has 0 saturated heterocycles. The zero-order valence-corrected chi connectivity index (χ0v) is 15.7. The second-order valence-corrected chi connectivity index (χ2v) is 8.70. The summed E-state index contributed by atoms with van der Waals surface area (Å²) in [6, 6.07) is 4.16. The normalized spacial score (nSPS) is 25.5.